The molecule has 0 amide bonds. The minimum absolute atomic E-state index is 0.356. The average Bonchev–Trinajstić information content (AvgIpc) is 2.99. The molecule has 2 nitrogen and oxygen atoms in total. The van der Waals surface area contributed by atoms with Crippen LogP contribution in [0.1, 0.15) is 42.7 Å². The van der Waals surface area contributed by atoms with Crippen molar-refractivity contribution in [1.29, 1.82) is 0 Å². The third kappa shape index (κ3) is 1.56. The van der Waals surface area contributed by atoms with Crippen molar-refractivity contribution in [3.63, 3.8) is 0 Å². The van der Waals surface area contributed by atoms with Gasteiger partial charge in [-0.15, -0.1) is 0 Å². The van der Waals surface area contributed by atoms with Crippen LogP contribution in [0.3, 0.4) is 0 Å². The van der Waals surface area contributed by atoms with Crippen LogP contribution in [-0.4, -0.2) is 35.2 Å². The summed E-state index contributed by atoms with van der Waals surface area (Å²) in [6, 6.07) is 8.99. The van der Waals surface area contributed by atoms with E-state index in [9.17, 15) is 5.11 Å². The zero-order chi connectivity index (χ0) is 12.9. The number of hydrogen-bond acceptors (Lipinski definition) is 2. The maximum atomic E-state index is 9.82. The quantitative estimate of drug-likeness (QED) is 0.836. The van der Waals surface area contributed by atoms with E-state index in [4.69, 9.17) is 0 Å². The van der Waals surface area contributed by atoms with E-state index in [0.717, 1.165) is 0 Å². The van der Waals surface area contributed by atoms with Crippen LogP contribution in [0.25, 0.3) is 0 Å². The number of hydrogen-bond donors (Lipinski definition) is 1. The van der Waals surface area contributed by atoms with Gasteiger partial charge in [0.2, 0.25) is 0 Å². The molecule has 3 atom stereocenters. The van der Waals surface area contributed by atoms with Crippen LogP contribution in [0.4, 0.5) is 0 Å². The molecule has 2 fully saturated rings. The standard InChI is InChI=1S/C17H23NO/c19-12-14-6-9-17-8-3-10-18(17)11-7-13-4-1-2-5-15(13)16(14)17/h1-2,4-5,14,16,19H,3,6-12H2. The molecule has 2 heterocycles. The molecule has 1 aromatic carbocycles. The van der Waals surface area contributed by atoms with E-state index in [-0.39, 0.29) is 0 Å². The second-order valence-electron chi connectivity index (χ2n) is 6.60. The summed E-state index contributed by atoms with van der Waals surface area (Å²) in [5, 5.41) is 9.82. The van der Waals surface area contributed by atoms with Crippen molar-refractivity contribution in [2.75, 3.05) is 19.7 Å². The first kappa shape index (κ1) is 11.9. The van der Waals surface area contributed by atoms with E-state index in [0.29, 0.717) is 24.0 Å². The predicted molar refractivity (Wildman–Crippen MR) is 76.2 cm³/mol. The Hall–Kier alpha value is -0.860. The maximum absolute atomic E-state index is 9.82. The molecule has 19 heavy (non-hydrogen) atoms. The van der Waals surface area contributed by atoms with Gasteiger partial charge in [0.15, 0.2) is 0 Å². The molecule has 1 spiro atoms. The minimum Gasteiger partial charge on any atom is -0.396 e. The molecule has 3 unspecified atom stereocenters. The van der Waals surface area contributed by atoms with E-state index in [1.807, 2.05) is 0 Å². The fraction of sp³-hybridized carbons (Fsp3) is 0.647. The van der Waals surface area contributed by atoms with Crippen molar-refractivity contribution in [2.24, 2.45) is 5.92 Å². The van der Waals surface area contributed by atoms with Gasteiger partial charge in [-0.1, -0.05) is 24.3 Å². The molecular weight excluding hydrogens is 234 g/mol. The SMILES string of the molecule is OCC1CCC23CCCN2CCc2ccccc2C13. The third-order valence-electron chi connectivity index (χ3n) is 5.94. The predicted octanol–water partition coefficient (Wildman–Crippen LogP) is 2.56. The summed E-state index contributed by atoms with van der Waals surface area (Å²) in [7, 11) is 0. The Kier molecular flexibility index (Phi) is 2.71. The number of fused-ring (bicyclic) bond motifs is 2. The van der Waals surface area contributed by atoms with Crippen LogP contribution < -0.4 is 0 Å². The Morgan fingerprint density at radius 3 is 3.00 bits per heavy atom. The maximum Gasteiger partial charge on any atom is 0.0465 e. The molecule has 1 aromatic rings. The van der Waals surface area contributed by atoms with Gasteiger partial charge in [0.05, 0.1) is 0 Å². The number of rotatable bonds is 1. The van der Waals surface area contributed by atoms with Crippen molar-refractivity contribution in [2.45, 2.75) is 43.6 Å². The molecule has 4 rings (SSSR count). The van der Waals surface area contributed by atoms with Gasteiger partial charge in [-0.25, -0.2) is 0 Å². The van der Waals surface area contributed by atoms with Gasteiger partial charge < -0.3 is 5.11 Å². The highest BCUT2D eigenvalue weighted by Crippen LogP contribution is 2.56. The summed E-state index contributed by atoms with van der Waals surface area (Å²) in [6.45, 7) is 2.84. The van der Waals surface area contributed by atoms with Crippen molar-refractivity contribution in [1.82, 2.24) is 4.90 Å². The molecule has 2 heteroatoms. The number of nitrogens with zero attached hydrogens (tertiary/aromatic N) is 1. The van der Waals surface area contributed by atoms with Gasteiger partial charge in [0.25, 0.3) is 0 Å². The van der Waals surface area contributed by atoms with Gasteiger partial charge in [0.1, 0.15) is 0 Å². The van der Waals surface area contributed by atoms with Gasteiger partial charge in [-0.05, 0) is 55.7 Å². The van der Waals surface area contributed by atoms with E-state index < -0.39 is 0 Å². The Labute approximate surface area is 115 Å². The third-order valence-corrected chi connectivity index (χ3v) is 5.94. The van der Waals surface area contributed by atoms with E-state index in [2.05, 4.69) is 29.2 Å². The summed E-state index contributed by atoms with van der Waals surface area (Å²) in [5.74, 6) is 1.04. The van der Waals surface area contributed by atoms with Crippen molar-refractivity contribution >= 4 is 0 Å². The van der Waals surface area contributed by atoms with Crippen LogP contribution in [-0.2, 0) is 6.42 Å². The van der Waals surface area contributed by atoms with Crippen LogP contribution in [0.5, 0.6) is 0 Å². The first-order chi connectivity index (χ1) is 9.35. The molecule has 1 N–H and O–H groups in total. The summed E-state index contributed by atoms with van der Waals surface area (Å²) < 4.78 is 0. The van der Waals surface area contributed by atoms with Crippen LogP contribution in [0, 0.1) is 5.92 Å². The van der Waals surface area contributed by atoms with Crippen LogP contribution in [0.15, 0.2) is 24.3 Å². The lowest BCUT2D eigenvalue weighted by Crippen LogP contribution is -2.46. The molecule has 1 saturated carbocycles. The van der Waals surface area contributed by atoms with Gasteiger partial charge in [0, 0.05) is 24.6 Å². The number of benzene rings is 1. The Morgan fingerprint density at radius 2 is 2.11 bits per heavy atom. The van der Waals surface area contributed by atoms with Crippen molar-refractivity contribution in [3.8, 4) is 0 Å². The van der Waals surface area contributed by atoms with Crippen molar-refractivity contribution in [3.05, 3.63) is 35.4 Å². The first-order valence-electron chi connectivity index (χ1n) is 7.79. The molecular formula is C17H23NO. The lowest BCUT2D eigenvalue weighted by atomic mass is 9.76. The lowest BCUT2D eigenvalue weighted by Gasteiger charge is -2.40. The van der Waals surface area contributed by atoms with E-state index >= 15 is 0 Å². The second-order valence-corrected chi connectivity index (χ2v) is 6.60. The van der Waals surface area contributed by atoms with E-state index in [1.54, 1.807) is 5.56 Å². The lowest BCUT2D eigenvalue weighted by molar-refractivity contribution is 0.113. The van der Waals surface area contributed by atoms with Gasteiger partial charge in [-0.2, -0.15) is 0 Å². The molecule has 1 aliphatic carbocycles. The average molecular weight is 257 g/mol. The topological polar surface area (TPSA) is 23.5 Å². The Bertz CT molecular complexity index is 486. The summed E-state index contributed by atoms with van der Waals surface area (Å²) >= 11 is 0. The minimum atomic E-state index is 0.356. The summed E-state index contributed by atoms with van der Waals surface area (Å²) in [6.07, 6.45) is 6.36. The fourth-order valence-electron chi connectivity index (χ4n) is 5.18. The molecule has 102 valence electrons. The molecule has 2 aliphatic heterocycles. The summed E-state index contributed by atoms with van der Waals surface area (Å²) in [4.78, 5) is 2.76. The fourth-order valence-corrected chi connectivity index (χ4v) is 5.18. The highest BCUT2D eigenvalue weighted by Gasteiger charge is 2.55. The number of aliphatic hydroxyl groups is 1. The molecule has 0 radical (unpaired) electrons. The highest BCUT2D eigenvalue weighted by molar-refractivity contribution is 5.38. The van der Waals surface area contributed by atoms with Crippen molar-refractivity contribution < 1.29 is 5.11 Å². The van der Waals surface area contributed by atoms with Gasteiger partial charge >= 0.3 is 0 Å². The molecule has 0 bridgehead atoms. The van der Waals surface area contributed by atoms with Crippen LogP contribution >= 0.6 is 0 Å². The van der Waals surface area contributed by atoms with Crippen LogP contribution in [0.2, 0.25) is 0 Å². The Morgan fingerprint density at radius 1 is 1.21 bits per heavy atom. The molecule has 0 aromatic heterocycles. The Balaban J connectivity index is 1.87. The summed E-state index contributed by atoms with van der Waals surface area (Å²) in [5.41, 5.74) is 3.45. The molecule has 3 aliphatic rings. The molecule has 1 saturated heterocycles. The highest BCUT2D eigenvalue weighted by atomic mass is 16.3. The van der Waals surface area contributed by atoms with E-state index in [1.165, 1.54) is 50.8 Å². The monoisotopic (exact) mass is 257 g/mol. The second kappa shape index (κ2) is 4.32. The smallest absolute Gasteiger partial charge is 0.0465 e. The normalized spacial score (nSPS) is 37.5. The first-order valence-corrected chi connectivity index (χ1v) is 7.79. The zero-order valence-electron chi connectivity index (χ0n) is 11.5. The van der Waals surface area contributed by atoms with Gasteiger partial charge in [-0.3, -0.25) is 4.90 Å². The number of aliphatic hydroxyl groups excluding tert-OH is 1. The zero-order valence-corrected chi connectivity index (χ0v) is 11.5. The largest absolute Gasteiger partial charge is 0.396 e.